The zero-order valence-corrected chi connectivity index (χ0v) is 9.38. The molecule has 80 valence electrons. The van der Waals surface area contributed by atoms with Gasteiger partial charge in [0.25, 0.3) is 0 Å². The van der Waals surface area contributed by atoms with Crippen LogP contribution in [-0.4, -0.2) is 12.6 Å². The van der Waals surface area contributed by atoms with Gasteiger partial charge in [0.05, 0.1) is 6.61 Å². The zero-order valence-electron chi connectivity index (χ0n) is 9.38. The number of ether oxygens (including phenoxy) is 1. The number of hydrogen-bond donors (Lipinski definition) is 0. The molecule has 0 amide bonds. The van der Waals surface area contributed by atoms with Gasteiger partial charge in [-0.2, -0.15) is 0 Å². The van der Waals surface area contributed by atoms with Crippen LogP contribution in [-0.2, 0) is 9.53 Å². The van der Waals surface area contributed by atoms with E-state index in [9.17, 15) is 4.79 Å². The molecule has 0 aromatic carbocycles. The maximum absolute atomic E-state index is 11.1. The van der Waals surface area contributed by atoms with Gasteiger partial charge in [-0.1, -0.05) is 31.6 Å². The average molecular weight is 196 g/mol. The lowest BCUT2D eigenvalue weighted by molar-refractivity contribution is -0.138. The van der Waals surface area contributed by atoms with Crippen molar-refractivity contribution in [3.8, 4) is 0 Å². The van der Waals surface area contributed by atoms with Crippen molar-refractivity contribution in [2.45, 2.75) is 40.0 Å². The SMILES string of the molecule is C/C=C(\C)C(=O)OCC/C=C\CCC. The summed E-state index contributed by atoms with van der Waals surface area (Å²) in [6, 6.07) is 0. The highest BCUT2D eigenvalue weighted by Crippen LogP contribution is 1.97. The number of esters is 1. The summed E-state index contributed by atoms with van der Waals surface area (Å²) in [5, 5.41) is 0. The summed E-state index contributed by atoms with van der Waals surface area (Å²) in [6.45, 7) is 6.21. The maximum atomic E-state index is 11.1. The van der Waals surface area contributed by atoms with E-state index in [0.717, 1.165) is 19.3 Å². The van der Waals surface area contributed by atoms with Crippen LogP contribution in [0.15, 0.2) is 23.8 Å². The van der Waals surface area contributed by atoms with Gasteiger partial charge in [0, 0.05) is 5.57 Å². The van der Waals surface area contributed by atoms with Gasteiger partial charge in [0.1, 0.15) is 0 Å². The van der Waals surface area contributed by atoms with Crippen molar-refractivity contribution in [1.82, 2.24) is 0 Å². The third-order valence-corrected chi connectivity index (χ3v) is 1.89. The Morgan fingerprint density at radius 3 is 2.50 bits per heavy atom. The van der Waals surface area contributed by atoms with Crippen LogP contribution in [0.3, 0.4) is 0 Å². The van der Waals surface area contributed by atoms with Gasteiger partial charge >= 0.3 is 5.97 Å². The summed E-state index contributed by atoms with van der Waals surface area (Å²) in [6.07, 6.45) is 9.01. The molecule has 0 aromatic rings. The number of hydrogen-bond acceptors (Lipinski definition) is 2. The van der Waals surface area contributed by atoms with Crippen LogP contribution in [0, 0.1) is 0 Å². The van der Waals surface area contributed by atoms with E-state index in [-0.39, 0.29) is 5.97 Å². The minimum atomic E-state index is -0.212. The topological polar surface area (TPSA) is 26.3 Å². The standard InChI is InChI=1S/C12H20O2/c1-4-6-7-8-9-10-14-12(13)11(3)5-2/h5,7-8H,4,6,9-10H2,1-3H3/b8-7-,11-5+. The molecule has 0 unspecified atom stereocenters. The molecule has 0 atom stereocenters. The monoisotopic (exact) mass is 196 g/mol. The van der Waals surface area contributed by atoms with Crippen molar-refractivity contribution in [3.05, 3.63) is 23.8 Å². The molecule has 0 rings (SSSR count). The molecule has 0 aliphatic heterocycles. The summed E-state index contributed by atoms with van der Waals surface area (Å²) < 4.78 is 5.02. The molecule has 0 aliphatic rings. The van der Waals surface area contributed by atoms with E-state index in [1.54, 1.807) is 13.0 Å². The molecule has 0 fully saturated rings. The van der Waals surface area contributed by atoms with E-state index in [1.807, 2.05) is 6.92 Å². The van der Waals surface area contributed by atoms with E-state index in [1.165, 1.54) is 0 Å². The van der Waals surface area contributed by atoms with Crippen LogP contribution in [0.5, 0.6) is 0 Å². The fraction of sp³-hybridized carbons (Fsp3) is 0.583. The van der Waals surface area contributed by atoms with Gasteiger partial charge in [0.15, 0.2) is 0 Å². The van der Waals surface area contributed by atoms with Crippen LogP contribution in [0.4, 0.5) is 0 Å². The number of carbonyl (C=O) groups is 1. The van der Waals surface area contributed by atoms with Gasteiger partial charge in [-0.3, -0.25) is 0 Å². The van der Waals surface area contributed by atoms with E-state index >= 15 is 0 Å². The van der Waals surface area contributed by atoms with E-state index in [2.05, 4.69) is 19.1 Å². The second kappa shape index (κ2) is 8.54. The summed E-state index contributed by atoms with van der Waals surface area (Å²) in [5.41, 5.74) is 0.669. The fourth-order valence-corrected chi connectivity index (χ4v) is 0.854. The lowest BCUT2D eigenvalue weighted by Gasteiger charge is -2.01. The summed E-state index contributed by atoms with van der Waals surface area (Å²) in [4.78, 5) is 11.1. The molecule has 0 saturated heterocycles. The van der Waals surface area contributed by atoms with Crippen LogP contribution < -0.4 is 0 Å². The molecule has 2 heteroatoms. The highest BCUT2D eigenvalue weighted by atomic mass is 16.5. The smallest absolute Gasteiger partial charge is 0.333 e. The zero-order chi connectivity index (χ0) is 10.8. The second-order valence-corrected chi connectivity index (χ2v) is 3.16. The van der Waals surface area contributed by atoms with Crippen LogP contribution >= 0.6 is 0 Å². The third-order valence-electron chi connectivity index (χ3n) is 1.89. The first kappa shape index (κ1) is 12.9. The number of allylic oxidation sites excluding steroid dienone is 2. The Morgan fingerprint density at radius 1 is 1.29 bits per heavy atom. The number of carbonyl (C=O) groups excluding carboxylic acids is 1. The lowest BCUT2D eigenvalue weighted by Crippen LogP contribution is -2.06. The molecular formula is C12H20O2. The molecule has 0 radical (unpaired) electrons. The molecule has 0 aromatic heterocycles. The predicted octanol–water partition coefficient (Wildman–Crippen LogP) is 3.24. The molecule has 0 N–H and O–H groups in total. The molecule has 0 bridgehead atoms. The van der Waals surface area contributed by atoms with Gasteiger partial charge in [0.2, 0.25) is 0 Å². The van der Waals surface area contributed by atoms with Crippen molar-refractivity contribution >= 4 is 5.97 Å². The van der Waals surface area contributed by atoms with E-state index in [0.29, 0.717) is 12.2 Å². The van der Waals surface area contributed by atoms with Crippen molar-refractivity contribution < 1.29 is 9.53 Å². The summed E-state index contributed by atoms with van der Waals surface area (Å²) in [7, 11) is 0. The van der Waals surface area contributed by atoms with Crippen molar-refractivity contribution in [1.29, 1.82) is 0 Å². The Hall–Kier alpha value is -1.05. The fourth-order valence-electron chi connectivity index (χ4n) is 0.854. The summed E-state index contributed by atoms with van der Waals surface area (Å²) >= 11 is 0. The Kier molecular flexibility index (Phi) is 7.90. The normalized spacial score (nSPS) is 12.1. The largest absolute Gasteiger partial charge is 0.462 e. The highest BCUT2D eigenvalue weighted by molar-refractivity contribution is 5.87. The molecule has 0 spiro atoms. The number of unbranched alkanes of at least 4 members (excludes halogenated alkanes) is 1. The Morgan fingerprint density at radius 2 is 1.93 bits per heavy atom. The molecular weight excluding hydrogens is 176 g/mol. The average Bonchev–Trinajstić information content (AvgIpc) is 2.21. The number of rotatable bonds is 6. The second-order valence-electron chi connectivity index (χ2n) is 3.16. The van der Waals surface area contributed by atoms with E-state index in [4.69, 9.17) is 4.74 Å². The minimum Gasteiger partial charge on any atom is -0.462 e. The predicted molar refractivity (Wildman–Crippen MR) is 59.1 cm³/mol. The first-order valence-electron chi connectivity index (χ1n) is 5.17. The van der Waals surface area contributed by atoms with Gasteiger partial charge in [-0.05, 0) is 26.7 Å². The van der Waals surface area contributed by atoms with Crippen LogP contribution in [0.25, 0.3) is 0 Å². The molecule has 0 saturated carbocycles. The Balaban J connectivity index is 3.50. The van der Waals surface area contributed by atoms with Crippen molar-refractivity contribution in [2.24, 2.45) is 0 Å². The first-order valence-corrected chi connectivity index (χ1v) is 5.17. The van der Waals surface area contributed by atoms with E-state index < -0.39 is 0 Å². The van der Waals surface area contributed by atoms with Crippen LogP contribution in [0.2, 0.25) is 0 Å². The highest BCUT2D eigenvalue weighted by Gasteiger charge is 2.02. The summed E-state index contributed by atoms with van der Waals surface area (Å²) in [5.74, 6) is -0.212. The molecule has 0 aliphatic carbocycles. The first-order chi connectivity index (χ1) is 6.72. The minimum absolute atomic E-state index is 0.212. The van der Waals surface area contributed by atoms with Gasteiger partial charge < -0.3 is 4.74 Å². The lowest BCUT2D eigenvalue weighted by atomic mass is 10.3. The van der Waals surface area contributed by atoms with Crippen molar-refractivity contribution in [3.63, 3.8) is 0 Å². The third kappa shape index (κ3) is 6.46. The van der Waals surface area contributed by atoms with Gasteiger partial charge in [-0.15, -0.1) is 0 Å². The Bertz CT molecular complexity index is 214. The quantitative estimate of drug-likeness (QED) is 0.282. The van der Waals surface area contributed by atoms with Gasteiger partial charge in [-0.25, -0.2) is 4.79 Å². The molecule has 0 heterocycles. The van der Waals surface area contributed by atoms with Crippen molar-refractivity contribution in [2.75, 3.05) is 6.61 Å². The molecule has 14 heavy (non-hydrogen) atoms. The van der Waals surface area contributed by atoms with Crippen LogP contribution in [0.1, 0.15) is 40.0 Å². The Labute approximate surface area is 86.6 Å². The molecule has 2 nitrogen and oxygen atoms in total. The maximum Gasteiger partial charge on any atom is 0.333 e.